The molecule has 1 aliphatic carbocycles. The quantitative estimate of drug-likeness (QED) is 0.469. The van der Waals surface area contributed by atoms with Gasteiger partial charge in [-0.3, -0.25) is 14.2 Å². The predicted octanol–water partition coefficient (Wildman–Crippen LogP) is 1.66. The molecule has 2 unspecified atom stereocenters. The van der Waals surface area contributed by atoms with Crippen molar-refractivity contribution in [2.24, 2.45) is 21.8 Å². The molecule has 1 aromatic carbocycles. The highest BCUT2D eigenvalue weighted by molar-refractivity contribution is 7.65. The summed E-state index contributed by atoms with van der Waals surface area (Å²) in [6.45, 7) is 5.94. The number of amidine groups is 1. The van der Waals surface area contributed by atoms with Gasteiger partial charge < -0.3 is 30.7 Å². The predicted molar refractivity (Wildman–Crippen MR) is 119 cm³/mol. The number of fused-ring (bicyclic) bond motifs is 1. The summed E-state index contributed by atoms with van der Waals surface area (Å²) >= 11 is 0. The van der Waals surface area contributed by atoms with Crippen LogP contribution in [-0.4, -0.2) is 51.7 Å². The molecular weight excluding hydrogens is 435 g/mol. The number of primary amides is 1. The Morgan fingerprint density at radius 2 is 2.06 bits per heavy atom. The van der Waals surface area contributed by atoms with Gasteiger partial charge in [-0.1, -0.05) is 20.8 Å². The molecule has 1 saturated carbocycles. The van der Waals surface area contributed by atoms with Crippen molar-refractivity contribution in [1.29, 1.82) is 0 Å². The zero-order chi connectivity index (χ0) is 23.4. The number of hydrogen-bond donors (Lipinski definition) is 4. The molecule has 0 bridgehead atoms. The summed E-state index contributed by atoms with van der Waals surface area (Å²) in [7, 11) is -4.29. The fraction of sp³-hybridized carbons (Fsp3) is 0.476. The minimum Gasteiger partial charge on any atom is -0.509 e. The third-order valence-electron chi connectivity index (χ3n) is 5.66. The van der Waals surface area contributed by atoms with E-state index in [2.05, 4.69) is 10.1 Å². The molecule has 32 heavy (non-hydrogen) atoms. The third kappa shape index (κ3) is 4.12. The van der Waals surface area contributed by atoms with E-state index in [0.717, 1.165) is 12.8 Å². The number of aliphatic hydroxyl groups is 1. The molecule has 1 fully saturated rings. The van der Waals surface area contributed by atoms with Crippen molar-refractivity contribution in [2.45, 2.75) is 39.7 Å². The van der Waals surface area contributed by atoms with E-state index in [9.17, 15) is 24.2 Å². The molecule has 1 aromatic rings. The number of carbonyl (C=O) groups excluding carboxylic acids is 2. The second-order valence-corrected chi connectivity index (χ2v) is 11.3. The van der Waals surface area contributed by atoms with Gasteiger partial charge in [-0.05, 0) is 42.4 Å². The molecule has 0 spiro atoms. The van der Waals surface area contributed by atoms with E-state index in [4.69, 9.17) is 10.5 Å². The maximum Gasteiger partial charge on any atom is 0.346 e. The SMILES string of the molecule is CC(C)(C)C1C(O)=C(C2=NP(=O)(O)c3cc(OCC(N)=O)ccc3N2)C(=O)N1CC1CC1. The molecule has 0 radical (unpaired) electrons. The van der Waals surface area contributed by atoms with Gasteiger partial charge in [0.25, 0.3) is 11.8 Å². The number of hydrogen-bond acceptors (Lipinski definition) is 6. The molecule has 10 nitrogen and oxygen atoms in total. The third-order valence-corrected chi connectivity index (χ3v) is 7.13. The maximum atomic E-state index is 13.3. The summed E-state index contributed by atoms with van der Waals surface area (Å²) < 4.78 is 22.2. The molecular formula is C21H27N4O6P. The van der Waals surface area contributed by atoms with Crippen LogP contribution in [0.1, 0.15) is 33.6 Å². The van der Waals surface area contributed by atoms with Crippen LogP contribution in [0.2, 0.25) is 0 Å². The number of benzene rings is 1. The van der Waals surface area contributed by atoms with Crippen molar-refractivity contribution in [3.05, 3.63) is 29.5 Å². The topological polar surface area (TPSA) is 155 Å². The molecule has 2 heterocycles. The minimum absolute atomic E-state index is 0.0315. The number of aliphatic hydroxyl groups excluding tert-OH is 1. The number of nitrogens with one attached hydrogen (secondary N) is 1. The van der Waals surface area contributed by atoms with Crippen LogP contribution < -0.4 is 21.1 Å². The van der Waals surface area contributed by atoms with Gasteiger partial charge in [0.2, 0.25) is 0 Å². The summed E-state index contributed by atoms with van der Waals surface area (Å²) in [5.41, 5.74) is 4.79. The lowest BCUT2D eigenvalue weighted by atomic mass is 9.85. The molecule has 172 valence electrons. The molecule has 0 saturated heterocycles. The number of nitrogens with zero attached hydrogens (tertiary/aromatic N) is 2. The lowest BCUT2D eigenvalue weighted by molar-refractivity contribution is -0.128. The van der Waals surface area contributed by atoms with Crippen LogP contribution in [0.5, 0.6) is 5.75 Å². The Balaban J connectivity index is 1.70. The van der Waals surface area contributed by atoms with E-state index in [1.807, 2.05) is 20.8 Å². The van der Waals surface area contributed by atoms with Crippen LogP contribution in [0, 0.1) is 11.3 Å². The normalized spacial score (nSPS) is 25.4. The van der Waals surface area contributed by atoms with Crippen molar-refractivity contribution < 1.29 is 28.9 Å². The lowest BCUT2D eigenvalue weighted by Gasteiger charge is -2.35. The maximum absolute atomic E-state index is 13.3. The number of anilines is 1. The average Bonchev–Trinajstić information content (AvgIpc) is 3.44. The number of carbonyl (C=O) groups is 2. The zero-order valence-corrected chi connectivity index (χ0v) is 19.1. The van der Waals surface area contributed by atoms with Gasteiger partial charge in [0.15, 0.2) is 12.4 Å². The highest BCUT2D eigenvalue weighted by atomic mass is 31.2. The fourth-order valence-corrected chi connectivity index (χ4v) is 5.35. The van der Waals surface area contributed by atoms with Gasteiger partial charge in [0.1, 0.15) is 17.1 Å². The summed E-state index contributed by atoms with van der Waals surface area (Å²) in [4.78, 5) is 36.5. The van der Waals surface area contributed by atoms with Gasteiger partial charge in [0, 0.05) is 6.54 Å². The summed E-state index contributed by atoms with van der Waals surface area (Å²) in [5, 5.41) is 13.9. The second-order valence-electron chi connectivity index (χ2n) is 9.48. The van der Waals surface area contributed by atoms with Crippen molar-refractivity contribution in [3.8, 4) is 5.75 Å². The van der Waals surface area contributed by atoms with Gasteiger partial charge in [-0.15, -0.1) is 0 Å². The Morgan fingerprint density at radius 1 is 1.38 bits per heavy atom. The van der Waals surface area contributed by atoms with E-state index in [1.54, 1.807) is 4.90 Å². The van der Waals surface area contributed by atoms with E-state index in [-0.39, 0.29) is 40.5 Å². The molecule has 5 N–H and O–H groups in total. The van der Waals surface area contributed by atoms with Crippen LogP contribution in [0.4, 0.5) is 5.69 Å². The monoisotopic (exact) mass is 462 g/mol. The Kier molecular flexibility index (Phi) is 5.33. The second kappa shape index (κ2) is 7.64. The number of rotatable bonds is 6. The standard InChI is InChI=1S/C21H27N4O6P/c1-21(2,3)18-17(27)16(20(28)25(18)9-11-4-5-11)19-23-13-7-6-12(31-10-15(22)26)8-14(13)32(29,30)24-19/h6-8,11,18,27H,4-5,9-10H2,1-3H3,(H2,22,26)(H2,23,24,29,30). The first-order valence-electron chi connectivity index (χ1n) is 10.4. The van der Waals surface area contributed by atoms with Crippen LogP contribution >= 0.6 is 7.52 Å². The molecule has 11 heteroatoms. The zero-order valence-electron chi connectivity index (χ0n) is 18.2. The van der Waals surface area contributed by atoms with Crippen LogP contribution in [0.3, 0.4) is 0 Å². The number of nitrogens with two attached hydrogens (primary N) is 1. The van der Waals surface area contributed by atoms with Crippen LogP contribution in [0.25, 0.3) is 0 Å². The van der Waals surface area contributed by atoms with Gasteiger partial charge in [-0.2, -0.15) is 4.76 Å². The Labute approximate surface area is 185 Å². The smallest absolute Gasteiger partial charge is 0.346 e. The van der Waals surface area contributed by atoms with E-state index < -0.39 is 30.8 Å². The molecule has 0 aromatic heterocycles. The summed E-state index contributed by atoms with van der Waals surface area (Å²) in [6.07, 6.45) is 2.07. The highest BCUT2D eigenvalue weighted by Gasteiger charge is 2.49. The van der Waals surface area contributed by atoms with Gasteiger partial charge >= 0.3 is 7.52 Å². The first kappa shape index (κ1) is 22.4. The average molecular weight is 462 g/mol. The van der Waals surface area contributed by atoms with Crippen LogP contribution in [-0.2, 0) is 14.2 Å². The first-order valence-corrected chi connectivity index (χ1v) is 12.0. The van der Waals surface area contributed by atoms with E-state index in [1.165, 1.54) is 18.2 Å². The van der Waals surface area contributed by atoms with Crippen molar-refractivity contribution >= 4 is 36.2 Å². The van der Waals surface area contributed by atoms with Crippen molar-refractivity contribution in [1.82, 2.24) is 4.90 Å². The van der Waals surface area contributed by atoms with Gasteiger partial charge in [-0.25, -0.2) is 0 Å². The molecule has 4 rings (SSSR count). The molecule has 2 amide bonds. The molecule has 2 atom stereocenters. The largest absolute Gasteiger partial charge is 0.509 e. The van der Waals surface area contributed by atoms with Crippen molar-refractivity contribution in [3.63, 3.8) is 0 Å². The summed E-state index contributed by atoms with van der Waals surface area (Å²) in [6, 6.07) is 3.73. The van der Waals surface area contributed by atoms with E-state index in [0.29, 0.717) is 12.5 Å². The first-order chi connectivity index (χ1) is 14.9. The Bertz CT molecular complexity index is 1100. The number of ether oxygens (including phenoxy) is 1. The van der Waals surface area contributed by atoms with Crippen LogP contribution in [0.15, 0.2) is 34.3 Å². The van der Waals surface area contributed by atoms with E-state index >= 15 is 0 Å². The van der Waals surface area contributed by atoms with Gasteiger partial charge in [0.05, 0.1) is 17.0 Å². The lowest BCUT2D eigenvalue weighted by Crippen LogP contribution is -2.45. The Morgan fingerprint density at radius 3 is 2.66 bits per heavy atom. The Hall–Kier alpha value is -2.84. The van der Waals surface area contributed by atoms with Crippen molar-refractivity contribution in [2.75, 3.05) is 18.5 Å². The molecule has 2 aliphatic heterocycles. The fourth-order valence-electron chi connectivity index (χ4n) is 4.08. The summed E-state index contributed by atoms with van der Waals surface area (Å²) in [5.74, 6) is -0.797. The molecule has 3 aliphatic rings. The number of amides is 2. The minimum atomic E-state index is -4.29. The highest BCUT2D eigenvalue weighted by Crippen LogP contribution is 2.49.